The first-order valence-corrected chi connectivity index (χ1v) is 15.8. The number of carbonyl (C=O) groups is 3. The summed E-state index contributed by atoms with van der Waals surface area (Å²) in [5.74, 6) is -0.585. The molecule has 3 aliphatic rings. The maximum atomic E-state index is 13.0. The Morgan fingerprint density at radius 1 is 0.955 bits per heavy atom. The van der Waals surface area contributed by atoms with Crippen LogP contribution in [0.15, 0.2) is 61.2 Å². The molecule has 2 aromatic rings. The maximum Gasteiger partial charge on any atom is 0.253 e. The molecule has 236 valence electrons. The highest BCUT2D eigenvalue weighted by Crippen LogP contribution is 2.27. The van der Waals surface area contributed by atoms with Crippen molar-refractivity contribution in [2.75, 3.05) is 57.3 Å². The second-order valence-electron chi connectivity index (χ2n) is 11.9. The van der Waals surface area contributed by atoms with Crippen molar-refractivity contribution in [2.24, 2.45) is 0 Å². The van der Waals surface area contributed by atoms with Crippen molar-refractivity contribution in [3.63, 3.8) is 0 Å². The number of nitrogens with zero attached hydrogens (tertiary/aromatic N) is 3. The fourth-order valence-electron chi connectivity index (χ4n) is 6.50. The molecule has 0 unspecified atom stereocenters. The summed E-state index contributed by atoms with van der Waals surface area (Å²) >= 11 is 0. The average molecular weight is 606 g/mol. The molecule has 0 radical (unpaired) electrons. The van der Waals surface area contributed by atoms with Crippen molar-refractivity contribution in [1.29, 1.82) is 0 Å². The van der Waals surface area contributed by atoms with E-state index in [9.17, 15) is 18.8 Å². The minimum absolute atomic E-state index is 0.129. The van der Waals surface area contributed by atoms with E-state index in [1.54, 1.807) is 24.3 Å². The highest BCUT2D eigenvalue weighted by Gasteiger charge is 2.38. The number of nitrogens with one attached hydrogen (secondary N) is 2. The molecule has 0 spiro atoms. The number of hydrogen-bond acceptors (Lipinski definition) is 6. The lowest BCUT2D eigenvalue weighted by atomic mass is 10.0. The van der Waals surface area contributed by atoms with E-state index >= 15 is 0 Å². The quantitative estimate of drug-likeness (QED) is 0.381. The molecular weight excluding hydrogens is 561 g/mol. The summed E-state index contributed by atoms with van der Waals surface area (Å²) in [6, 6.07) is 14.5. The summed E-state index contributed by atoms with van der Waals surface area (Å²) in [7, 11) is 0. The summed E-state index contributed by atoms with van der Waals surface area (Å²) in [5.41, 5.74) is 2.63. The third kappa shape index (κ3) is 8.04. The summed E-state index contributed by atoms with van der Waals surface area (Å²) in [5, 5.41) is 5.69. The largest absolute Gasteiger partial charge is 0.371 e. The zero-order valence-corrected chi connectivity index (χ0v) is 25.4. The van der Waals surface area contributed by atoms with Gasteiger partial charge in [0.1, 0.15) is 6.67 Å². The number of anilines is 1. The van der Waals surface area contributed by atoms with E-state index in [4.69, 9.17) is 4.74 Å². The number of ether oxygens (including phenoxy) is 1. The number of hydrogen-bond donors (Lipinski definition) is 2. The molecule has 0 aliphatic carbocycles. The van der Waals surface area contributed by atoms with Gasteiger partial charge >= 0.3 is 0 Å². The van der Waals surface area contributed by atoms with E-state index < -0.39 is 12.6 Å². The van der Waals surface area contributed by atoms with Crippen LogP contribution >= 0.6 is 0 Å². The van der Waals surface area contributed by atoms with Crippen molar-refractivity contribution in [3.8, 4) is 0 Å². The first kappa shape index (κ1) is 31.7. The second kappa shape index (κ2) is 15.3. The van der Waals surface area contributed by atoms with Crippen molar-refractivity contribution >= 4 is 23.4 Å². The van der Waals surface area contributed by atoms with Crippen LogP contribution in [0.1, 0.15) is 58.4 Å². The highest BCUT2D eigenvalue weighted by molar-refractivity contribution is 5.96. The van der Waals surface area contributed by atoms with Crippen LogP contribution in [0, 0.1) is 0 Å². The lowest BCUT2D eigenvalue weighted by Crippen LogP contribution is -2.48. The minimum Gasteiger partial charge on any atom is -0.371 e. The first-order chi connectivity index (χ1) is 21.4. The van der Waals surface area contributed by atoms with Gasteiger partial charge in [-0.1, -0.05) is 18.2 Å². The van der Waals surface area contributed by atoms with Crippen LogP contribution in [0.25, 0.3) is 0 Å². The van der Waals surface area contributed by atoms with Crippen molar-refractivity contribution in [1.82, 2.24) is 20.4 Å². The Labute approximate surface area is 259 Å². The third-order valence-electron chi connectivity index (χ3n) is 8.93. The predicted octanol–water partition coefficient (Wildman–Crippen LogP) is 3.55. The van der Waals surface area contributed by atoms with Crippen molar-refractivity contribution in [2.45, 2.75) is 57.0 Å². The lowest BCUT2D eigenvalue weighted by molar-refractivity contribution is -0.121. The zero-order valence-electron chi connectivity index (χ0n) is 25.4. The van der Waals surface area contributed by atoms with Gasteiger partial charge in [-0.15, -0.1) is 6.58 Å². The molecule has 9 nitrogen and oxygen atoms in total. The van der Waals surface area contributed by atoms with Crippen LogP contribution in [0.5, 0.6) is 0 Å². The highest BCUT2D eigenvalue weighted by atomic mass is 19.1. The fourth-order valence-corrected chi connectivity index (χ4v) is 6.50. The first-order valence-electron chi connectivity index (χ1n) is 15.8. The Morgan fingerprint density at radius 3 is 2.41 bits per heavy atom. The molecule has 0 saturated carbocycles. The van der Waals surface area contributed by atoms with Gasteiger partial charge in [0.15, 0.2) is 0 Å². The summed E-state index contributed by atoms with van der Waals surface area (Å²) in [4.78, 5) is 44.9. The number of amides is 3. The van der Waals surface area contributed by atoms with Gasteiger partial charge in [-0.25, -0.2) is 4.39 Å². The number of carbonyl (C=O) groups excluding carboxylic acids is 3. The van der Waals surface area contributed by atoms with E-state index in [0.29, 0.717) is 36.9 Å². The molecule has 3 heterocycles. The second-order valence-corrected chi connectivity index (χ2v) is 11.9. The zero-order chi connectivity index (χ0) is 30.9. The number of halogens is 1. The maximum absolute atomic E-state index is 13.0. The van der Waals surface area contributed by atoms with Crippen LogP contribution in [-0.2, 0) is 16.2 Å². The third-order valence-corrected chi connectivity index (χ3v) is 8.93. The molecule has 3 saturated heterocycles. The topological polar surface area (TPSA) is 94.2 Å². The molecule has 0 bridgehead atoms. The van der Waals surface area contributed by atoms with E-state index in [0.717, 1.165) is 63.1 Å². The molecule has 3 fully saturated rings. The summed E-state index contributed by atoms with van der Waals surface area (Å²) < 4.78 is 19.0. The summed E-state index contributed by atoms with van der Waals surface area (Å²) in [6.07, 6.45) is 6.86. The Balaban J connectivity index is 1.10. The molecule has 5 rings (SSSR count). The monoisotopic (exact) mass is 605 g/mol. The van der Waals surface area contributed by atoms with Gasteiger partial charge in [0.25, 0.3) is 11.8 Å². The molecule has 2 aromatic carbocycles. The van der Waals surface area contributed by atoms with Gasteiger partial charge < -0.3 is 25.2 Å². The predicted molar refractivity (Wildman–Crippen MR) is 168 cm³/mol. The number of alkyl halides is 1. The number of benzene rings is 2. The number of piperidine rings is 2. The molecule has 0 aromatic heterocycles. The van der Waals surface area contributed by atoms with Gasteiger partial charge in [0, 0.05) is 62.1 Å². The molecule has 2 N–H and O–H groups in total. The van der Waals surface area contributed by atoms with Crippen molar-refractivity contribution in [3.05, 3.63) is 77.9 Å². The Hall–Kier alpha value is -3.76. The Morgan fingerprint density at radius 2 is 1.70 bits per heavy atom. The molecule has 2 atom stereocenters. The lowest BCUT2D eigenvalue weighted by Gasteiger charge is -2.38. The Kier molecular flexibility index (Phi) is 11.0. The normalized spacial score (nSPS) is 21.2. The van der Waals surface area contributed by atoms with Crippen LogP contribution < -0.4 is 15.5 Å². The molecule has 10 heteroatoms. The van der Waals surface area contributed by atoms with Crippen LogP contribution in [-0.4, -0.2) is 98.1 Å². The van der Waals surface area contributed by atoms with Gasteiger partial charge in [0.2, 0.25) is 5.91 Å². The minimum atomic E-state index is -0.654. The molecule has 3 amide bonds. The van der Waals surface area contributed by atoms with Gasteiger partial charge in [0.05, 0.1) is 25.3 Å². The van der Waals surface area contributed by atoms with Crippen LogP contribution in [0.2, 0.25) is 0 Å². The average Bonchev–Trinajstić information content (AvgIpc) is 3.48. The number of rotatable bonds is 11. The van der Waals surface area contributed by atoms with Gasteiger partial charge in [-0.05, 0) is 74.1 Å². The van der Waals surface area contributed by atoms with E-state index in [1.807, 2.05) is 17.0 Å². The van der Waals surface area contributed by atoms with Crippen LogP contribution in [0.3, 0.4) is 0 Å². The molecule has 3 aliphatic heterocycles. The van der Waals surface area contributed by atoms with E-state index in [1.165, 1.54) is 12.5 Å². The van der Waals surface area contributed by atoms with E-state index in [-0.39, 0.29) is 30.5 Å². The number of likely N-dealkylation sites (tertiary alicyclic amines) is 2. The molecular formula is C34H44FN5O4. The SMILES string of the molecule is C=CCO[C@H]1CN(C2CCN(c3ccc(C(=O)N4CCCCC4)cc3)CC2)C[C@@H]1NC(=O)CNC(=O)c1cccc(CF)c1. The van der Waals surface area contributed by atoms with Crippen LogP contribution in [0.4, 0.5) is 10.1 Å². The standard InChI is InChI=1S/C34H44FN5O4/c1-2-19-44-31-24-40(23-30(31)37-32(41)22-36-33(42)27-8-6-7-25(20-27)21-35)29-13-17-38(18-14-29)28-11-9-26(10-12-28)34(43)39-15-4-3-5-16-39/h2,6-12,20,29-31H,1,3-5,13-19,21-24H2,(H,36,42)(H,37,41)/t30-,31-/m0/s1. The van der Waals surface area contributed by atoms with Gasteiger partial charge in [-0.3, -0.25) is 19.3 Å². The fraction of sp³-hybridized carbons (Fsp3) is 0.500. The summed E-state index contributed by atoms with van der Waals surface area (Å²) in [6.45, 7) is 8.21. The molecule has 44 heavy (non-hydrogen) atoms. The Bertz CT molecular complexity index is 1290. The van der Waals surface area contributed by atoms with Gasteiger partial charge in [-0.2, -0.15) is 0 Å². The van der Waals surface area contributed by atoms with E-state index in [2.05, 4.69) is 39.1 Å². The van der Waals surface area contributed by atoms with Crippen molar-refractivity contribution < 1.29 is 23.5 Å². The smallest absolute Gasteiger partial charge is 0.253 e.